The van der Waals surface area contributed by atoms with E-state index in [1.807, 2.05) is 0 Å². The Labute approximate surface area is 94.5 Å². The van der Waals surface area contributed by atoms with Crippen molar-refractivity contribution in [2.45, 2.75) is 13.0 Å². The molecule has 5 N–H and O–H groups in total. The van der Waals surface area contributed by atoms with Crippen molar-refractivity contribution in [2.75, 3.05) is 18.5 Å². The Balaban J connectivity index is 2.77. The standard InChI is InChI=1S/C10H16BNO4/c1-7-9(11(15)16)3-2-4-10(7)12-5-8(14)6-13/h2-4,8,12-16H,5-6H2,1H3. The van der Waals surface area contributed by atoms with E-state index in [2.05, 4.69) is 5.32 Å². The van der Waals surface area contributed by atoms with E-state index in [1.165, 1.54) is 0 Å². The lowest BCUT2D eigenvalue weighted by Crippen LogP contribution is -2.33. The molecule has 88 valence electrons. The summed E-state index contributed by atoms with van der Waals surface area (Å²) in [5.74, 6) is 0. The zero-order valence-electron chi connectivity index (χ0n) is 9.09. The first-order chi connectivity index (χ1) is 7.56. The second kappa shape index (κ2) is 5.86. The summed E-state index contributed by atoms with van der Waals surface area (Å²) in [4.78, 5) is 0. The maximum atomic E-state index is 9.18. The molecule has 0 fully saturated rings. The van der Waals surface area contributed by atoms with E-state index < -0.39 is 13.2 Å². The van der Waals surface area contributed by atoms with Crippen LogP contribution in [0.3, 0.4) is 0 Å². The minimum Gasteiger partial charge on any atom is -0.423 e. The molecule has 5 nitrogen and oxygen atoms in total. The molecule has 1 atom stereocenters. The van der Waals surface area contributed by atoms with E-state index in [-0.39, 0.29) is 13.2 Å². The summed E-state index contributed by atoms with van der Waals surface area (Å²) in [5, 5.41) is 38.9. The van der Waals surface area contributed by atoms with Gasteiger partial charge in [0, 0.05) is 12.2 Å². The van der Waals surface area contributed by atoms with Crippen LogP contribution in [0.1, 0.15) is 5.56 Å². The lowest BCUT2D eigenvalue weighted by molar-refractivity contribution is 0.105. The van der Waals surface area contributed by atoms with Crippen LogP contribution in [0.2, 0.25) is 0 Å². The van der Waals surface area contributed by atoms with Crippen LogP contribution in [0.5, 0.6) is 0 Å². The fourth-order valence-electron chi connectivity index (χ4n) is 1.42. The van der Waals surface area contributed by atoms with Crippen molar-refractivity contribution in [1.82, 2.24) is 0 Å². The first-order valence-electron chi connectivity index (χ1n) is 5.04. The third-order valence-corrected chi connectivity index (χ3v) is 2.39. The quantitative estimate of drug-likeness (QED) is 0.391. The highest BCUT2D eigenvalue weighted by Crippen LogP contribution is 2.11. The third kappa shape index (κ3) is 3.21. The van der Waals surface area contributed by atoms with E-state index >= 15 is 0 Å². The molecule has 0 bridgehead atoms. The van der Waals surface area contributed by atoms with Crippen LogP contribution in [0.15, 0.2) is 18.2 Å². The molecule has 0 radical (unpaired) electrons. The molecule has 0 aliphatic carbocycles. The van der Waals surface area contributed by atoms with Crippen molar-refractivity contribution in [3.8, 4) is 0 Å². The van der Waals surface area contributed by atoms with E-state index in [0.717, 1.165) is 0 Å². The van der Waals surface area contributed by atoms with Crippen molar-refractivity contribution in [2.24, 2.45) is 0 Å². The Morgan fingerprint density at radius 1 is 1.38 bits per heavy atom. The van der Waals surface area contributed by atoms with Gasteiger partial charge >= 0.3 is 7.12 Å². The second-order valence-electron chi connectivity index (χ2n) is 3.61. The Bertz CT molecular complexity index is 346. The third-order valence-electron chi connectivity index (χ3n) is 2.39. The lowest BCUT2D eigenvalue weighted by Gasteiger charge is -2.14. The minimum absolute atomic E-state index is 0.211. The van der Waals surface area contributed by atoms with Gasteiger partial charge in [-0.2, -0.15) is 0 Å². The molecule has 0 aliphatic heterocycles. The summed E-state index contributed by atoms with van der Waals surface area (Å²) in [6, 6.07) is 5.08. The summed E-state index contributed by atoms with van der Waals surface area (Å²) < 4.78 is 0. The van der Waals surface area contributed by atoms with E-state index in [1.54, 1.807) is 25.1 Å². The fourth-order valence-corrected chi connectivity index (χ4v) is 1.42. The SMILES string of the molecule is Cc1c(NCC(O)CO)cccc1B(O)O. The van der Waals surface area contributed by atoms with Crippen LogP contribution in [0, 0.1) is 6.92 Å². The normalized spacial score (nSPS) is 12.3. The minimum atomic E-state index is -1.51. The average Bonchev–Trinajstić information content (AvgIpc) is 2.26. The molecule has 0 saturated carbocycles. The van der Waals surface area contributed by atoms with Gasteiger partial charge in [-0.3, -0.25) is 0 Å². The van der Waals surface area contributed by atoms with Gasteiger partial charge < -0.3 is 25.6 Å². The number of hydrogen-bond donors (Lipinski definition) is 5. The van der Waals surface area contributed by atoms with Crippen LogP contribution in [0.4, 0.5) is 5.69 Å². The number of benzene rings is 1. The van der Waals surface area contributed by atoms with Crippen molar-refractivity contribution in [3.63, 3.8) is 0 Å². The van der Waals surface area contributed by atoms with Crippen LogP contribution in [-0.4, -0.2) is 46.6 Å². The van der Waals surface area contributed by atoms with E-state index in [0.29, 0.717) is 16.7 Å². The molecule has 0 saturated heterocycles. The molecular formula is C10H16BNO4. The van der Waals surface area contributed by atoms with Gasteiger partial charge in [-0.15, -0.1) is 0 Å². The van der Waals surface area contributed by atoms with Gasteiger partial charge in [-0.25, -0.2) is 0 Å². The van der Waals surface area contributed by atoms with Crippen LogP contribution < -0.4 is 10.8 Å². The van der Waals surface area contributed by atoms with Gasteiger partial charge in [0.1, 0.15) is 0 Å². The number of nitrogens with one attached hydrogen (secondary N) is 1. The molecular weight excluding hydrogens is 209 g/mol. The Morgan fingerprint density at radius 2 is 2.06 bits per heavy atom. The summed E-state index contributed by atoms with van der Waals surface area (Å²) in [7, 11) is -1.51. The van der Waals surface area contributed by atoms with Gasteiger partial charge in [-0.1, -0.05) is 12.1 Å². The first-order valence-corrected chi connectivity index (χ1v) is 5.04. The summed E-state index contributed by atoms with van der Waals surface area (Å²) in [6.07, 6.45) is -0.831. The summed E-state index contributed by atoms with van der Waals surface area (Å²) in [6.45, 7) is 1.65. The molecule has 16 heavy (non-hydrogen) atoms. The van der Waals surface area contributed by atoms with Crippen molar-refractivity contribution in [3.05, 3.63) is 23.8 Å². The Hall–Kier alpha value is -1.08. The molecule has 0 aliphatic rings. The molecule has 0 amide bonds. The van der Waals surface area contributed by atoms with Crippen LogP contribution in [0.25, 0.3) is 0 Å². The number of aliphatic hydroxyl groups is 2. The van der Waals surface area contributed by atoms with E-state index in [9.17, 15) is 5.11 Å². The molecule has 1 rings (SSSR count). The predicted octanol–water partition coefficient (Wildman–Crippen LogP) is -1.56. The smallest absolute Gasteiger partial charge is 0.423 e. The predicted molar refractivity (Wildman–Crippen MR) is 62.6 cm³/mol. The topological polar surface area (TPSA) is 93.0 Å². The number of aliphatic hydroxyl groups excluding tert-OH is 2. The number of anilines is 1. The highest BCUT2D eigenvalue weighted by Gasteiger charge is 2.15. The largest absolute Gasteiger partial charge is 0.488 e. The number of rotatable bonds is 5. The second-order valence-corrected chi connectivity index (χ2v) is 3.61. The van der Waals surface area contributed by atoms with Crippen molar-refractivity contribution in [1.29, 1.82) is 0 Å². The highest BCUT2D eigenvalue weighted by atomic mass is 16.4. The zero-order valence-corrected chi connectivity index (χ0v) is 9.09. The van der Waals surface area contributed by atoms with Gasteiger partial charge in [0.2, 0.25) is 0 Å². The fraction of sp³-hybridized carbons (Fsp3) is 0.400. The monoisotopic (exact) mass is 225 g/mol. The average molecular weight is 225 g/mol. The maximum absolute atomic E-state index is 9.18. The lowest BCUT2D eigenvalue weighted by atomic mass is 9.77. The molecule has 1 aromatic carbocycles. The van der Waals surface area contributed by atoms with E-state index in [4.69, 9.17) is 15.2 Å². The molecule has 0 spiro atoms. The maximum Gasteiger partial charge on any atom is 0.488 e. The first kappa shape index (κ1) is 13.0. The van der Waals surface area contributed by atoms with Gasteiger partial charge in [0.05, 0.1) is 12.7 Å². The highest BCUT2D eigenvalue weighted by molar-refractivity contribution is 6.59. The Morgan fingerprint density at radius 3 is 2.62 bits per heavy atom. The molecule has 6 heteroatoms. The molecule has 0 heterocycles. The van der Waals surface area contributed by atoms with Crippen LogP contribution >= 0.6 is 0 Å². The summed E-state index contributed by atoms with van der Waals surface area (Å²) in [5.41, 5.74) is 1.84. The van der Waals surface area contributed by atoms with Gasteiger partial charge in [0.25, 0.3) is 0 Å². The molecule has 0 aromatic heterocycles. The van der Waals surface area contributed by atoms with Crippen LogP contribution in [-0.2, 0) is 0 Å². The molecule has 1 aromatic rings. The molecule has 1 unspecified atom stereocenters. The number of hydrogen-bond acceptors (Lipinski definition) is 5. The summed E-state index contributed by atoms with van der Waals surface area (Å²) >= 11 is 0. The van der Waals surface area contributed by atoms with Gasteiger partial charge in [-0.05, 0) is 24.0 Å². The van der Waals surface area contributed by atoms with Crippen molar-refractivity contribution < 1.29 is 20.3 Å². The zero-order chi connectivity index (χ0) is 12.1. The van der Waals surface area contributed by atoms with Crippen molar-refractivity contribution >= 4 is 18.3 Å². The Kier molecular flexibility index (Phi) is 4.76. The van der Waals surface area contributed by atoms with Gasteiger partial charge in [0.15, 0.2) is 0 Å².